The summed E-state index contributed by atoms with van der Waals surface area (Å²) in [7, 11) is 0. The predicted molar refractivity (Wildman–Crippen MR) is 118 cm³/mol. The highest BCUT2D eigenvalue weighted by Crippen LogP contribution is 2.22. The molecule has 0 spiro atoms. The number of aromatic nitrogens is 1. The fraction of sp³-hybridized carbons (Fsp3) is 0.286. The molecule has 6 nitrogen and oxygen atoms in total. The topological polar surface area (TPSA) is 74.3 Å². The molecular formula is C21H22N4O2S2. The van der Waals surface area contributed by atoms with Gasteiger partial charge in [-0.3, -0.25) is 19.8 Å². The molecule has 0 atom stereocenters. The number of thiazole rings is 1. The summed E-state index contributed by atoms with van der Waals surface area (Å²) in [5.74, 6) is -0.510. The molecule has 0 bridgehead atoms. The summed E-state index contributed by atoms with van der Waals surface area (Å²) in [5.41, 5.74) is 1.87. The van der Waals surface area contributed by atoms with E-state index in [1.165, 1.54) is 41.9 Å². The summed E-state index contributed by atoms with van der Waals surface area (Å²) < 4.78 is 0. The zero-order valence-corrected chi connectivity index (χ0v) is 17.5. The van der Waals surface area contributed by atoms with Crippen LogP contribution in [0.2, 0.25) is 0 Å². The minimum atomic E-state index is -0.286. The quantitative estimate of drug-likeness (QED) is 0.599. The molecule has 0 saturated carbocycles. The van der Waals surface area contributed by atoms with Gasteiger partial charge in [-0.05, 0) is 49.5 Å². The van der Waals surface area contributed by atoms with Crippen molar-refractivity contribution in [3.63, 3.8) is 0 Å². The molecule has 3 aromatic rings. The van der Waals surface area contributed by atoms with Crippen molar-refractivity contribution < 1.29 is 9.59 Å². The van der Waals surface area contributed by atoms with Gasteiger partial charge in [0.15, 0.2) is 5.13 Å². The molecule has 1 fully saturated rings. The molecule has 1 aliphatic heterocycles. The Balaban J connectivity index is 1.41. The first-order chi connectivity index (χ1) is 14.2. The van der Waals surface area contributed by atoms with Crippen molar-refractivity contribution in [1.29, 1.82) is 0 Å². The number of amides is 2. The van der Waals surface area contributed by atoms with Gasteiger partial charge in [-0.25, -0.2) is 4.98 Å². The number of thiophene rings is 1. The van der Waals surface area contributed by atoms with E-state index in [0.29, 0.717) is 21.3 Å². The highest BCUT2D eigenvalue weighted by molar-refractivity contribution is 7.14. The van der Waals surface area contributed by atoms with Crippen molar-refractivity contribution in [3.05, 3.63) is 63.3 Å². The van der Waals surface area contributed by atoms with Crippen molar-refractivity contribution in [3.8, 4) is 0 Å². The number of carbonyl (C=O) groups is 2. The number of piperidine rings is 1. The second-order valence-electron chi connectivity index (χ2n) is 6.91. The molecule has 8 heteroatoms. The fourth-order valence-corrected chi connectivity index (χ4v) is 4.65. The molecule has 3 heterocycles. The summed E-state index contributed by atoms with van der Waals surface area (Å²) in [6.45, 7) is 3.03. The molecule has 4 rings (SSSR count). The standard InChI is InChI=1S/C21H22N4O2S2/c26-19(24-21-22-15(14-29-21)13-25-10-4-1-5-11-25)16-7-2-3-8-17(16)23-20(27)18-9-6-12-28-18/h2-3,6-9,12,14H,1,4-5,10-11,13H2,(H,23,27)(H,22,24,26). The molecular weight excluding hydrogens is 404 g/mol. The minimum Gasteiger partial charge on any atom is -0.321 e. The number of hydrogen-bond donors (Lipinski definition) is 2. The zero-order valence-electron chi connectivity index (χ0n) is 15.9. The van der Waals surface area contributed by atoms with Crippen LogP contribution in [0.4, 0.5) is 10.8 Å². The molecule has 1 saturated heterocycles. The smallest absolute Gasteiger partial charge is 0.265 e. The lowest BCUT2D eigenvalue weighted by Crippen LogP contribution is -2.29. The SMILES string of the molecule is O=C(Nc1ccccc1C(=O)Nc1nc(CN2CCCCC2)cs1)c1cccs1. The fourth-order valence-electron chi connectivity index (χ4n) is 3.33. The third kappa shape index (κ3) is 5.09. The maximum absolute atomic E-state index is 12.8. The number of hydrogen-bond acceptors (Lipinski definition) is 6. The van der Waals surface area contributed by atoms with E-state index in [1.807, 2.05) is 16.8 Å². The van der Waals surface area contributed by atoms with E-state index in [2.05, 4.69) is 20.5 Å². The molecule has 29 heavy (non-hydrogen) atoms. The van der Waals surface area contributed by atoms with E-state index in [-0.39, 0.29) is 11.8 Å². The van der Waals surface area contributed by atoms with Crippen LogP contribution in [0.15, 0.2) is 47.2 Å². The van der Waals surface area contributed by atoms with E-state index in [9.17, 15) is 9.59 Å². The van der Waals surface area contributed by atoms with Gasteiger partial charge >= 0.3 is 0 Å². The van der Waals surface area contributed by atoms with E-state index >= 15 is 0 Å². The number of carbonyl (C=O) groups excluding carboxylic acids is 2. The molecule has 2 aromatic heterocycles. The highest BCUT2D eigenvalue weighted by Gasteiger charge is 2.17. The van der Waals surface area contributed by atoms with Crippen LogP contribution < -0.4 is 10.6 Å². The summed E-state index contributed by atoms with van der Waals surface area (Å²) in [6.07, 6.45) is 3.78. The lowest BCUT2D eigenvalue weighted by Gasteiger charge is -2.25. The van der Waals surface area contributed by atoms with Crippen LogP contribution >= 0.6 is 22.7 Å². The van der Waals surface area contributed by atoms with Crippen molar-refractivity contribution >= 4 is 45.3 Å². The maximum atomic E-state index is 12.8. The Kier molecular flexibility index (Phi) is 6.33. The van der Waals surface area contributed by atoms with Crippen LogP contribution in [0.3, 0.4) is 0 Å². The molecule has 0 unspecified atom stereocenters. The van der Waals surface area contributed by atoms with E-state index in [1.54, 1.807) is 30.3 Å². The van der Waals surface area contributed by atoms with Gasteiger partial charge in [-0.2, -0.15) is 0 Å². The average molecular weight is 427 g/mol. The van der Waals surface area contributed by atoms with Crippen LogP contribution in [-0.2, 0) is 6.54 Å². The van der Waals surface area contributed by atoms with E-state index in [4.69, 9.17) is 0 Å². The molecule has 0 aliphatic carbocycles. The molecule has 1 aromatic carbocycles. The second-order valence-corrected chi connectivity index (χ2v) is 8.72. The lowest BCUT2D eigenvalue weighted by molar-refractivity contribution is 0.102. The summed E-state index contributed by atoms with van der Waals surface area (Å²) in [5, 5.41) is 10.1. The average Bonchev–Trinajstić information content (AvgIpc) is 3.42. The van der Waals surface area contributed by atoms with Crippen LogP contribution in [-0.4, -0.2) is 34.8 Å². The number of para-hydroxylation sites is 1. The first kappa shape index (κ1) is 19.8. The third-order valence-electron chi connectivity index (χ3n) is 4.77. The maximum Gasteiger partial charge on any atom is 0.265 e. The largest absolute Gasteiger partial charge is 0.321 e. The Bertz CT molecular complexity index is 978. The second kappa shape index (κ2) is 9.30. The number of nitrogens with zero attached hydrogens (tertiary/aromatic N) is 2. The van der Waals surface area contributed by atoms with Gasteiger partial charge in [-0.15, -0.1) is 22.7 Å². The number of likely N-dealkylation sites (tertiary alicyclic amines) is 1. The zero-order chi connectivity index (χ0) is 20.1. The van der Waals surface area contributed by atoms with Crippen molar-refractivity contribution in [2.24, 2.45) is 0 Å². The van der Waals surface area contributed by atoms with Crippen LogP contribution in [0.1, 0.15) is 45.0 Å². The van der Waals surface area contributed by atoms with Crippen LogP contribution in [0.25, 0.3) is 0 Å². The van der Waals surface area contributed by atoms with Gasteiger partial charge in [0.25, 0.3) is 11.8 Å². The Morgan fingerprint density at radius 3 is 2.59 bits per heavy atom. The monoisotopic (exact) mass is 426 g/mol. The van der Waals surface area contributed by atoms with Gasteiger partial charge < -0.3 is 5.32 Å². The van der Waals surface area contributed by atoms with E-state index in [0.717, 1.165) is 25.3 Å². The summed E-state index contributed by atoms with van der Waals surface area (Å²) in [4.78, 5) is 32.7. The Morgan fingerprint density at radius 1 is 0.966 bits per heavy atom. The first-order valence-electron chi connectivity index (χ1n) is 9.61. The van der Waals surface area contributed by atoms with E-state index < -0.39 is 0 Å². The van der Waals surface area contributed by atoms with Crippen molar-refractivity contribution in [2.75, 3.05) is 23.7 Å². The number of anilines is 2. The van der Waals surface area contributed by atoms with Crippen molar-refractivity contribution in [1.82, 2.24) is 9.88 Å². The van der Waals surface area contributed by atoms with Crippen LogP contribution in [0.5, 0.6) is 0 Å². The number of nitrogens with one attached hydrogen (secondary N) is 2. The first-order valence-corrected chi connectivity index (χ1v) is 11.4. The molecule has 0 radical (unpaired) electrons. The number of benzene rings is 1. The van der Waals surface area contributed by atoms with Gasteiger partial charge in [0.05, 0.1) is 21.8 Å². The lowest BCUT2D eigenvalue weighted by atomic mass is 10.1. The minimum absolute atomic E-state index is 0.224. The van der Waals surface area contributed by atoms with Crippen molar-refractivity contribution in [2.45, 2.75) is 25.8 Å². The molecule has 2 N–H and O–H groups in total. The third-order valence-corrected chi connectivity index (χ3v) is 6.45. The molecule has 1 aliphatic rings. The normalized spacial score (nSPS) is 14.5. The Hall–Kier alpha value is -2.55. The van der Waals surface area contributed by atoms with Gasteiger partial charge in [0.2, 0.25) is 0 Å². The van der Waals surface area contributed by atoms with Gasteiger partial charge in [-0.1, -0.05) is 24.6 Å². The Labute approximate surface area is 177 Å². The Morgan fingerprint density at radius 2 is 1.79 bits per heavy atom. The van der Waals surface area contributed by atoms with Crippen LogP contribution in [0, 0.1) is 0 Å². The predicted octanol–water partition coefficient (Wildman–Crippen LogP) is 4.70. The number of rotatable bonds is 6. The summed E-state index contributed by atoms with van der Waals surface area (Å²) >= 11 is 2.78. The molecule has 2 amide bonds. The highest BCUT2D eigenvalue weighted by atomic mass is 32.1. The molecule has 150 valence electrons. The van der Waals surface area contributed by atoms with Gasteiger partial charge in [0.1, 0.15) is 0 Å². The summed E-state index contributed by atoms with van der Waals surface area (Å²) in [6, 6.07) is 10.6. The van der Waals surface area contributed by atoms with Gasteiger partial charge in [0, 0.05) is 11.9 Å².